The number of carbonyl (C=O) groups excluding carboxylic acids is 1. The van der Waals surface area contributed by atoms with E-state index in [1.54, 1.807) is 11.1 Å². The average molecular weight is 378 g/mol. The maximum absolute atomic E-state index is 12.5. The van der Waals surface area contributed by atoms with Crippen LogP contribution in [0.25, 0.3) is 0 Å². The predicted molar refractivity (Wildman–Crippen MR) is 87.7 cm³/mol. The fourth-order valence-corrected chi connectivity index (χ4v) is 2.87. The molecule has 0 N–H and O–H groups in total. The van der Waals surface area contributed by atoms with Crippen LogP contribution in [0.4, 0.5) is 0 Å². The minimum Gasteiger partial charge on any atom is -0.480 e. The van der Waals surface area contributed by atoms with Crippen LogP contribution in [0.1, 0.15) is 16.8 Å². The van der Waals surface area contributed by atoms with E-state index in [1.807, 2.05) is 24.3 Å². The van der Waals surface area contributed by atoms with Crippen LogP contribution in [-0.2, 0) is 0 Å². The quantitative estimate of drug-likeness (QED) is 0.818. The van der Waals surface area contributed by atoms with Gasteiger partial charge in [0, 0.05) is 23.0 Å². The summed E-state index contributed by atoms with van der Waals surface area (Å²) in [4.78, 5) is 22.5. The molecule has 1 aliphatic heterocycles. The molecule has 0 aliphatic carbocycles. The Bertz CT molecular complexity index is 710. The number of carbonyl (C=O) groups is 1. The molecule has 1 aromatic heterocycles. The topological polar surface area (TPSA) is 64.6 Å². The number of ether oxygens (including phenoxy) is 2. The maximum atomic E-state index is 12.5. The maximum Gasteiger partial charge on any atom is 0.254 e. The van der Waals surface area contributed by atoms with Crippen molar-refractivity contribution in [3.63, 3.8) is 0 Å². The number of methoxy groups -OCH3 is 1. The molecule has 0 bridgehead atoms. The third-order valence-electron chi connectivity index (χ3n) is 3.59. The number of benzene rings is 1. The van der Waals surface area contributed by atoms with Gasteiger partial charge in [0.15, 0.2) is 0 Å². The van der Waals surface area contributed by atoms with Gasteiger partial charge in [-0.25, -0.2) is 0 Å². The fourth-order valence-electron chi connectivity index (χ4n) is 2.47. The Kier molecular flexibility index (Phi) is 4.76. The highest BCUT2D eigenvalue weighted by atomic mass is 79.9. The van der Waals surface area contributed by atoms with Gasteiger partial charge in [-0.15, -0.1) is 0 Å². The molecule has 23 heavy (non-hydrogen) atoms. The van der Waals surface area contributed by atoms with Gasteiger partial charge in [0.2, 0.25) is 11.8 Å². The van der Waals surface area contributed by atoms with E-state index in [0.717, 1.165) is 10.9 Å². The number of amides is 1. The summed E-state index contributed by atoms with van der Waals surface area (Å²) in [5.74, 6) is 0.822. The van der Waals surface area contributed by atoms with Crippen LogP contribution in [-0.4, -0.2) is 47.1 Å². The average Bonchev–Trinajstić information content (AvgIpc) is 3.03. The van der Waals surface area contributed by atoms with Gasteiger partial charge in [0.25, 0.3) is 5.91 Å². The highest BCUT2D eigenvalue weighted by molar-refractivity contribution is 9.10. The minimum atomic E-state index is -0.0903. The van der Waals surface area contributed by atoms with Gasteiger partial charge in [-0.1, -0.05) is 22.0 Å². The van der Waals surface area contributed by atoms with E-state index < -0.39 is 0 Å². The summed E-state index contributed by atoms with van der Waals surface area (Å²) in [5.41, 5.74) is 0.668. The fraction of sp³-hybridized carbons (Fsp3) is 0.312. The molecular formula is C16H16BrN3O3. The Morgan fingerprint density at radius 1 is 1.35 bits per heavy atom. The molecule has 6 nitrogen and oxygen atoms in total. The lowest BCUT2D eigenvalue weighted by molar-refractivity contribution is 0.0770. The molecule has 0 saturated carbocycles. The van der Waals surface area contributed by atoms with Crippen LogP contribution in [0.5, 0.6) is 11.8 Å². The van der Waals surface area contributed by atoms with Crippen molar-refractivity contribution in [2.45, 2.75) is 12.5 Å². The summed E-state index contributed by atoms with van der Waals surface area (Å²) in [6.45, 7) is 1.19. The van der Waals surface area contributed by atoms with Crippen LogP contribution >= 0.6 is 15.9 Å². The van der Waals surface area contributed by atoms with Crippen molar-refractivity contribution in [3.8, 4) is 11.8 Å². The van der Waals surface area contributed by atoms with Gasteiger partial charge >= 0.3 is 0 Å². The molecule has 2 aromatic rings. The second-order valence-electron chi connectivity index (χ2n) is 5.19. The number of hydrogen-bond donors (Lipinski definition) is 0. The van der Waals surface area contributed by atoms with Crippen molar-refractivity contribution in [1.82, 2.24) is 14.9 Å². The predicted octanol–water partition coefficient (Wildman–Crippen LogP) is 2.54. The zero-order valence-electron chi connectivity index (χ0n) is 12.6. The van der Waals surface area contributed by atoms with E-state index in [9.17, 15) is 4.79 Å². The first-order chi connectivity index (χ1) is 11.2. The summed E-state index contributed by atoms with van der Waals surface area (Å²) in [6.07, 6.45) is 3.73. The number of nitrogens with zero attached hydrogens (tertiary/aromatic N) is 3. The molecule has 0 radical (unpaired) electrons. The summed E-state index contributed by atoms with van der Waals surface area (Å²) < 4.78 is 11.7. The van der Waals surface area contributed by atoms with Crippen molar-refractivity contribution in [2.24, 2.45) is 0 Å². The van der Waals surface area contributed by atoms with Gasteiger partial charge in [-0.05, 0) is 18.2 Å². The lowest BCUT2D eigenvalue weighted by Crippen LogP contribution is -2.31. The highest BCUT2D eigenvalue weighted by Crippen LogP contribution is 2.20. The SMILES string of the molecule is COc1cncc(OC2CCN(C(=O)c3cccc(Br)c3)C2)n1. The van der Waals surface area contributed by atoms with Crippen LogP contribution in [0.3, 0.4) is 0 Å². The Morgan fingerprint density at radius 3 is 2.96 bits per heavy atom. The zero-order chi connectivity index (χ0) is 16.2. The lowest BCUT2D eigenvalue weighted by Gasteiger charge is -2.17. The lowest BCUT2D eigenvalue weighted by atomic mass is 10.2. The highest BCUT2D eigenvalue weighted by Gasteiger charge is 2.28. The summed E-state index contributed by atoms with van der Waals surface area (Å²) in [5, 5.41) is 0. The molecule has 2 heterocycles. The first-order valence-corrected chi connectivity index (χ1v) is 8.02. The molecule has 3 rings (SSSR count). The molecule has 1 aromatic carbocycles. The second-order valence-corrected chi connectivity index (χ2v) is 6.11. The minimum absolute atomic E-state index is 0.00845. The van der Waals surface area contributed by atoms with E-state index in [1.165, 1.54) is 13.3 Å². The summed E-state index contributed by atoms with van der Waals surface area (Å²) in [7, 11) is 1.53. The van der Waals surface area contributed by atoms with E-state index in [0.29, 0.717) is 30.4 Å². The van der Waals surface area contributed by atoms with E-state index in [4.69, 9.17) is 9.47 Å². The summed E-state index contributed by atoms with van der Waals surface area (Å²) in [6, 6.07) is 7.39. The Morgan fingerprint density at radius 2 is 2.17 bits per heavy atom. The van der Waals surface area contributed by atoms with Gasteiger partial charge in [0.05, 0.1) is 26.0 Å². The summed E-state index contributed by atoms with van der Waals surface area (Å²) >= 11 is 3.39. The van der Waals surface area contributed by atoms with Gasteiger partial charge in [0.1, 0.15) is 6.10 Å². The van der Waals surface area contributed by atoms with Gasteiger partial charge in [-0.2, -0.15) is 4.98 Å². The smallest absolute Gasteiger partial charge is 0.254 e. The number of hydrogen-bond acceptors (Lipinski definition) is 5. The van der Waals surface area contributed by atoms with E-state index in [-0.39, 0.29) is 12.0 Å². The molecule has 1 fully saturated rings. The third-order valence-corrected chi connectivity index (χ3v) is 4.08. The zero-order valence-corrected chi connectivity index (χ0v) is 14.2. The normalized spacial score (nSPS) is 17.1. The molecular weight excluding hydrogens is 362 g/mol. The first-order valence-electron chi connectivity index (χ1n) is 7.23. The number of likely N-dealkylation sites (tertiary alicyclic amines) is 1. The van der Waals surface area contributed by atoms with Crippen LogP contribution < -0.4 is 9.47 Å². The van der Waals surface area contributed by atoms with Crippen molar-refractivity contribution in [1.29, 1.82) is 0 Å². The standard InChI is InChI=1S/C16H16BrN3O3/c1-22-14-8-18-9-15(19-14)23-13-5-6-20(10-13)16(21)11-3-2-4-12(17)7-11/h2-4,7-9,13H,5-6,10H2,1H3. The van der Waals surface area contributed by atoms with E-state index >= 15 is 0 Å². The molecule has 1 aliphatic rings. The van der Waals surface area contributed by atoms with E-state index in [2.05, 4.69) is 25.9 Å². The second kappa shape index (κ2) is 6.95. The number of halogens is 1. The van der Waals surface area contributed by atoms with Crippen LogP contribution in [0, 0.1) is 0 Å². The van der Waals surface area contributed by atoms with Gasteiger partial charge in [-0.3, -0.25) is 9.78 Å². The Balaban J connectivity index is 1.63. The largest absolute Gasteiger partial charge is 0.480 e. The molecule has 7 heteroatoms. The van der Waals surface area contributed by atoms with Crippen molar-refractivity contribution < 1.29 is 14.3 Å². The monoisotopic (exact) mass is 377 g/mol. The Labute approximate surface area is 142 Å². The van der Waals surface area contributed by atoms with Crippen LogP contribution in [0.15, 0.2) is 41.1 Å². The van der Waals surface area contributed by atoms with Crippen molar-refractivity contribution in [2.75, 3.05) is 20.2 Å². The number of aromatic nitrogens is 2. The van der Waals surface area contributed by atoms with Crippen LogP contribution in [0.2, 0.25) is 0 Å². The van der Waals surface area contributed by atoms with Crippen molar-refractivity contribution in [3.05, 3.63) is 46.7 Å². The molecule has 0 spiro atoms. The molecule has 1 amide bonds. The molecule has 1 atom stereocenters. The molecule has 1 saturated heterocycles. The Hall–Kier alpha value is -2.15. The molecule has 120 valence electrons. The van der Waals surface area contributed by atoms with Crippen molar-refractivity contribution >= 4 is 21.8 Å². The molecule has 1 unspecified atom stereocenters. The van der Waals surface area contributed by atoms with Gasteiger partial charge < -0.3 is 14.4 Å². The number of rotatable bonds is 4. The third kappa shape index (κ3) is 3.79. The first kappa shape index (κ1) is 15.7.